The van der Waals surface area contributed by atoms with Crippen LogP contribution in [0.4, 0.5) is 4.39 Å². The molecule has 0 bridgehead atoms. The molecule has 1 aliphatic rings. The Morgan fingerprint density at radius 2 is 2.32 bits per heavy atom. The van der Waals surface area contributed by atoms with Crippen molar-refractivity contribution in [3.05, 3.63) is 30.6 Å². The van der Waals surface area contributed by atoms with E-state index >= 15 is 0 Å². The van der Waals surface area contributed by atoms with Crippen molar-refractivity contribution in [1.29, 1.82) is 0 Å². The molecule has 0 spiro atoms. The van der Waals surface area contributed by atoms with Gasteiger partial charge in [0.1, 0.15) is 12.2 Å². The van der Waals surface area contributed by atoms with Crippen molar-refractivity contribution in [3.8, 4) is 0 Å². The van der Waals surface area contributed by atoms with Gasteiger partial charge in [0.25, 0.3) is 5.56 Å². The molecule has 0 aromatic carbocycles. The van der Waals surface area contributed by atoms with Crippen LogP contribution in [0.3, 0.4) is 0 Å². The summed E-state index contributed by atoms with van der Waals surface area (Å²) in [6.07, 6.45) is -3.47. The number of hydrogen-bond acceptors (Lipinski definition) is 5. The lowest BCUT2D eigenvalue weighted by molar-refractivity contribution is -0.0545. The summed E-state index contributed by atoms with van der Waals surface area (Å²) in [6.45, 7) is -0.426. The quantitative estimate of drug-likeness (QED) is 0.676. The Kier molecular flexibility index (Phi) is 4.38. The molecule has 19 heavy (non-hydrogen) atoms. The van der Waals surface area contributed by atoms with Gasteiger partial charge in [-0.15, -0.1) is 0 Å². The minimum Gasteiger partial charge on any atom is -0.394 e. The maximum Gasteiger partial charge on any atom is 0.330 e. The summed E-state index contributed by atoms with van der Waals surface area (Å²) >= 11 is 1.73. The van der Waals surface area contributed by atoms with E-state index < -0.39 is 42.5 Å². The van der Waals surface area contributed by atoms with Crippen molar-refractivity contribution in [1.82, 2.24) is 9.55 Å². The summed E-state index contributed by atoms with van der Waals surface area (Å²) in [5.41, 5.74) is -1.32. The van der Waals surface area contributed by atoms with Crippen molar-refractivity contribution in [2.45, 2.75) is 24.6 Å². The van der Waals surface area contributed by atoms with E-state index in [1.807, 2.05) is 0 Å². The molecule has 2 N–H and O–H groups in total. The molecule has 0 radical (unpaired) electrons. The molecule has 0 amide bonds. The highest BCUT2D eigenvalue weighted by Crippen LogP contribution is 2.32. The third-order valence-electron chi connectivity index (χ3n) is 2.92. The average Bonchev–Trinajstić information content (AvgIpc) is 2.70. The largest absolute Gasteiger partial charge is 0.394 e. The first-order valence-corrected chi connectivity index (χ1v) is 6.51. The van der Waals surface area contributed by atoms with Crippen LogP contribution < -0.4 is 11.2 Å². The van der Waals surface area contributed by atoms with E-state index in [0.717, 1.165) is 4.57 Å². The van der Waals surface area contributed by atoms with E-state index in [1.54, 1.807) is 22.6 Å². The Morgan fingerprint density at radius 3 is 2.84 bits per heavy atom. The Morgan fingerprint density at radius 1 is 1.63 bits per heavy atom. The summed E-state index contributed by atoms with van der Waals surface area (Å²) < 4.78 is 25.6. The first-order chi connectivity index (χ1) is 8.99. The Hall–Kier alpha value is -0.780. The summed E-state index contributed by atoms with van der Waals surface area (Å²) in [6, 6.07) is 0. The first kappa shape index (κ1) is 14.6. The Balaban J connectivity index is 2.41. The number of hydrogen-bond donors (Lipinski definition) is 2. The summed E-state index contributed by atoms with van der Waals surface area (Å²) in [5.74, 6) is 0. The minimum absolute atomic E-state index is 0.231. The zero-order valence-electron chi connectivity index (χ0n) is 9.88. The van der Waals surface area contributed by atoms with Crippen LogP contribution in [0.25, 0.3) is 0 Å². The predicted octanol–water partition coefficient (Wildman–Crippen LogP) is -0.616. The normalized spacial score (nSPS) is 30.7. The first-order valence-electron chi connectivity index (χ1n) is 5.43. The van der Waals surface area contributed by atoms with Crippen molar-refractivity contribution >= 4 is 22.6 Å². The third kappa shape index (κ3) is 2.59. The van der Waals surface area contributed by atoms with Gasteiger partial charge >= 0.3 is 5.69 Å². The Labute approximate surface area is 120 Å². The average molecular weight is 386 g/mol. The molecule has 2 heterocycles. The standard InChI is InChI=1S/C10H12FIN2O5/c1-18-7-5(3-15)19-9(6(7)11)14-2-4(12)8(16)13-10(14)17/h2,5-7,9,15H,3H2,1H3,(H,13,16,17)/t5-,6?,7?,9-/m1/s1. The van der Waals surface area contributed by atoms with Gasteiger partial charge < -0.3 is 14.6 Å². The number of rotatable bonds is 3. The van der Waals surface area contributed by atoms with Crippen molar-refractivity contribution < 1.29 is 19.0 Å². The molecule has 2 rings (SSSR count). The molecule has 1 aliphatic heterocycles. The minimum atomic E-state index is -1.62. The smallest absolute Gasteiger partial charge is 0.330 e. The van der Waals surface area contributed by atoms with Gasteiger partial charge in [0.2, 0.25) is 0 Å². The maximum atomic E-state index is 14.2. The maximum absolute atomic E-state index is 14.2. The SMILES string of the molecule is COC1C(F)[C@H](n2cc(I)c(=O)[nH]c2=O)O[C@@H]1CO. The lowest BCUT2D eigenvalue weighted by Gasteiger charge is -2.16. The van der Waals surface area contributed by atoms with Crippen LogP contribution in [-0.2, 0) is 9.47 Å². The summed E-state index contributed by atoms with van der Waals surface area (Å²) in [5, 5.41) is 9.10. The monoisotopic (exact) mass is 386 g/mol. The molecule has 4 atom stereocenters. The molecule has 0 aliphatic carbocycles. The van der Waals surface area contributed by atoms with Crippen molar-refractivity contribution in [3.63, 3.8) is 0 Å². The van der Waals surface area contributed by atoms with Gasteiger partial charge in [-0.3, -0.25) is 14.3 Å². The fourth-order valence-electron chi connectivity index (χ4n) is 2.00. The number of halogens is 2. The molecular formula is C10H12FIN2O5. The lowest BCUT2D eigenvalue weighted by atomic mass is 10.1. The van der Waals surface area contributed by atoms with Gasteiger partial charge in [0.15, 0.2) is 12.4 Å². The van der Waals surface area contributed by atoms with Gasteiger partial charge in [-0.2, -0.15) is 0 Å². The zero-order chi connectivity index (χ0) is 14.2. The number of aliphatic hydroxyl groups excluding tert-OH is 1. The van der Waals surface area contributed by atoms with Crippen LogP contribution in [-0.4, -0.2) is 46.8 Å². The number of alkyl halides is 1. The van der Waals surface area contributed by atoms with E-state index in [2.05, 4.69) is 4.98 Å². The molecule has 0 saturated carbocycles. The zero-order valence-corrected chi connectivity index (χ0v) is 12.0. The molecule has 1 aromatic rings. The van der Waals surface area contributed by atoms with Gasteiger partial charge in [0.05, 0.1) is 10.2 Å². The number of ether oxygens (including phenoxy) is 2. The second-order valence-electron chi connectivity index (χ2n) is 4.04. The van der Waals surface area contributed by atoms with Gasteiger partial charge in [-0.25, -0.2) is 9.18 Å². The number of H-pyrrole nitrogens is 1. The van der Waals surface area contributed by atoms with Crippen LogP contribution in [0.1, 0.15) is 6.23 Å². The molecule has 1 aromatic heterocycles. The summed E-state index contributed by atoms with van der Waals surface area (Å²) in [7, 11) is 1.30. The van der Waals surface area contributed by atoms with Crippen LogP contribution >= 0.6 is 22.6 Å². The molecule has 7 nitrogen and oxygen atoms in total. The van der Waals surface area contributed by atoms with E-state index in [9.17, 15) is 14.0 Å². The highest BCUT2D eigenvalue weighted by Gasteiger charge is 2.46. The van der Waals surface area contributed by atoms with Crippen molar-refractivity contribution in [2.75, 3.05) is 13.7 Å². The van der Waals surface area contributed by atoms with Crippen molar-refractivity contribution in [2.24, 2.45) is 0 Å². The highest BCUT2D eigenvalue weighted by molar-refractivity contribution is 14.1. The van der Waals surface area contributed by atoms with E-state index in [0.29, 0.717) is 0 Å². The lowest BCUT2D eigenvalue weighted by Crippen LogP contribution is -2.37. The molecule has 1 fully saturated rings. The number of aromatic nitrogens is 2. The number of methoxy groups -OCH3 is 1. The fraction of sp³-hybridized carbons (Fsp3) is 0.600. The van der Waals surface area contributed by atoms with E-state index in [4.69, 9.17) is 14.6 Å². The number of nitrogens with zero attached hydrogens (tertiary/aromatic N) is 1. The van der Waals surface area contributed by atoms with E-state index in [1.165, 1.54) is 13.3 Å². The van der Waals surface area contributed by atoms with Crippen LogP contribution in [0, 0.1) is 3.57 Å². The molecule has 1 saturated heterocycles. The highest BCUT2D eigenvalue weighted by atomic mass is 127. The molecule has 9 heteroatoms. The van der Waals surface area contributed by atoms with Gasteiger partial charge in [0, 0.05) is 13.3 Å². The fourth-order valence-corrected chi connectivity index (χ4v) is 2.43. The number of aromatic amines is 1. The van der Waals surface area contributed by atoms with Crippen LogP contribution in [0.15, 0.2) is 15.8 Å². The predicted molar refractivity (Wildman–Crippen MR) is 70.7 cm³/mol. The molecular weight excluding hydrogens is 374 g/mol. The van der Waals surface area contributed by atoms with Gasteiger partial charge in [-0.1, -0.05) is 0 Å². The number of aliphatic hydroxyl groups is 1. The molecule has 106 valence electrons. The van der Waals surface area contributed by atoms with E-state index in [-0.39, 0.29) is 3.57 Å². The van der Waals surface area contributed by atoms with Crippen LogP contribution in [0.2, 0.25) is 0 Å². The Bertz CT molecular complexity index is 574. The second-order valence-corrected chi connectivity index (χ2v) is 5.20. The second kappa shape index (κ2) is 5.69. The van der Waals surface area contributed by atoms with Crippen LogP contribution in [0.5, 0.6) is 0 Å². The van der Waals surface area contributed by atoms with Gasteiger partial charge in [-0.05, 0) is 22.6 Å². The number of nitrogens with one attached hydrogen (secondary N) is 1. The molecule has 2 unspecified atom stereocenters. The third-order valence-corrected chi connectivity index (χ3v) is 3.69. The topological polar surface area (TPSA) is 93.6 Å². The summed E-state index contributed by atoms with van der Waals surface area (Å²) in [4.78, 5) is 25.0.